The van der Waals surface area contributed by atoms with Crippen LogP contribution in [0.4, 0.5) is 4.79 Å². The fourth-order valence-corrected chi connectivity index (χ4v) is 4.33. The number of ether oxygens (including phenoxy) is 1. The Balaban J connectivity index is 1.39. The first kappa shape index (κ1) is 22.4. The van der Waals surface area contributed by atoms with Crippen LogP contribution >= 0.6 is 11.5 Å². The van der Waals surface area contributed by atoms with E-state index in [0.29, 0.717) is 5.69 Å². The minimum Gasteiger partial charge on any atom is -0.481 e. The molecular formula is C23H22N4O5S. The lowest BCUT2D eigenvalue weighted by molar-refractivity contribution is -0.137. The molecule has 0 bridgehead atoms. The van der Waals surface area contributed by atoms with Crippen molar-refractivity contribution in [1.29, 1.82) is 0 Å². The zero-order chi connectivity index (χ0) is 23.2. The number of nitrogens with one attached hydrogen (secondary N) is 2. The number of fused-ring (bicyclic) bond motifs is 3. The Bertz CT molecular complexity index is 1110. The van der Waals surface area contributed by atoms with Gasteiger partial charge in [-0.3, -0.25) is 9.59 Å². The van der Waals surface area contributed by atoms with Crippen LogP contribution in [0.2, 0.25) is 0 Å². The molecule has 1 unspecified atom stereocenters. The van der Waals surface area contributed by atoms with Crippen molar-refractivity contribution >= 4 is 29.5 Å². The molecule has 0 aliphatic heterocycles. The van der Waals surface area contributed by atoms with Gasteiger partial charge in [-0.05, 0) is 40.2 Å². The first-order valence-corrected chi connectivity index (χ1v) is 11.2. The van der Waals surface area contributed by atoms with Crippen LogP contribution in [0.5, 0.6) is 0 Å². The third-order valence-corrected chi connectivity index (χ3v) is 6.00. The van der Waals surface area contributed by atoms with Gasteiger partial charge in [0.2, 0.25) is 5.91 Å². The summed E-state index contributed by atoms with van der Waals surface area (Å²) in [4.78, 5) is 36.1. The van der Waals surface area contributed by atoms with Crippen LogP contribution in [0.15, 0.2) is 53.9 Å². The maximum absolute atomic E-state index is 12.6. The van der Waals surface area contributed by atoms with Crippen LogP contribution < -0.4 is 10.6 Å². The van der Waals surface area contributed by atoms with E-state index in [4.69, 9.17) is 9.84 Å². The third-order valence-electron chi connectivity index (χ3n) is 5.45. The number of hydrogen-bond acceptors (Lipinski definition) is 7. The maximum Gasteiger partial charge on any atom is 0.407 e. The highest BCUT2D eigenvalue weighted by atomic mass is 32.1. The van der Waals surface area contributed by atoms with Gasteiger partial charge in [-0.1, -0.05) is 53.0 Å². The number of carboxylic acids is 1. The number of alkyl carbamates (subject to hydrolysis) is 1. The molecule has 1 heterocycles. The molecule has 1 aromatic heterocycles. The predicted molar refractivity (Wildman–Crippen MR) is 121 cm³/mol. The molecule has 0 fully saturated rings. The van der Waals surface area contributed by atoms with Gasteiger partial charge in [0, 0.05) is 17.7 Å². The van der Waals surface area contributed by atoms with Crippen LogP contribution in [0.3, 0.4) is 0 Å². The normalized spacial score (nSPS) is 13.0. The van der Waals surface area contributed by atoms with Gasteiger partial charge in [0.1, 0.15) is 12.6 Å². The van der Waals surface area contributed by atoms with E-state index in [1.165, 1.54) is 0 Å². The van der Waals surface area contributed by atoms with Crippen molar-refractivity contribution in [2.45, 2.75) is 31.3 Å². The highest BCUT2D eigenvalue weighted by molar-refractivity contribution is 7.03. The Labute approximate surface area is 194 Å². The third kappa shape index (κ3) is 5.35. The van der Waals surface area contributed by atoms with Crippen LogP contribution in [-0.2, 0) is 20.9 Å². The van der Waals surface area contributed by atoms with Gasteiger partial charge >= 0.3 is 12.1 Å². The van der Waals surface area contributed by atoms with E-state index < -0.39 is 24.0 Å². The van der Waals surface area contributed by atoms with Gasteiger partial charge in [-0.15, -0.1) is 5.10 Å². The summed E-state index contributed by atoms with van der Waals surface area (Å²) in [5, 5.41) is 19.7. The molecule has 3 N–H and O–H groups in total. The van der Waals surface area contributed by atoms with Gasteiger partial charge in [0.25, 0.3) is 0 Å². The smallest absolute Gasteiger partial charge is 0.407 e. The number of aliphatic carboxylic acids is 1. The van der Waals surface area contributed by atoms with Gasteiger partial charge < -0.3 is 20.5 Å². The van der Waals surface area contributed by atoms with E-state index >= 15 is 0 Å². The topological polar surface area (TPSA) is 131 Å². The molecule has 170 valence electrons. The van der Waals surface area contributed by atoms with Crippen molar-refractivity contribution in [2.75, 3.05) is 6.61 Å². The molecule has 4 rings (SSSR count). The Morgan fingerprint density at radius 3 is 2.33 bits per heavy atom. The van der Waals surface area contributed by atoms with Crippen molar-refractivity contribution in [3.05, 3.63) is 70.7 Å². The van der Waals surface area contributed by atoms with E-state index in [1.807, 2.05) is 48.5 Å². The summed E-state index contributed by atoms with van der Waals surface area (Å²) in [5.41, 5.74) is 4.94. The monoisotopic (exact) mass is 466 g/mol. The second-order valence-electron chi connectivity index (χ2n) is 7.57. The Kier molecular flexibility index (Phi) is 6.94. The van der Waals surface area contributed by atoms with E-state index in [2.05, 4.69) is 20.2 Å². The van der Waals surface area contributed by atoms with Crippen LogP contribution in [0, 0.1) is 0 Å². The minimum absolute atomic E-state index is 0.0688. The van der Waals surface area contributed by atoms with Crippen molar-refractivity contribution < 1.29 is 24.2 Å². The lowest BCUT2D eigenvalue weighted by Crippen LogP contribution is -2.47. The summed E-state index contributed by atoms with van der Waals surface area (Å²) in [6.07, 6.45) is -1.13. The largest absolute Gasteiger partial charge is 0.481 e. The van der Waals surface area contributed by atoms with Crippen molar-refractivity contribution in [1.82, 2.24) is 20.2 Å². The molecule has 1 atom stereocenters. The molecule has 3 aromatic rings. The maximum atomic E-state index is 12.6. The zero-order valence-corrected chi connectivity index (χ0v) is 18.4. The number of carboxylic acid groups (broad SMARTS) is 1. The molecule has 1 aliphatic rings. The summed E-state index contributed by atoms with van der Waals surface area (Å²) in [6, 6.07) is 14.9. The van der Waals surface area contributed by atoms with Crippen molar-refractivity contribution in [3.8, 4) is 11.1 Å². The van der Waals surface area contributed by atoms with E-state index in [0.717, 1.165) is 33.8 Å². The van der Waals surface area contributed by atoms with Crippen LogP contribution in [0.25, 0.3) is 11.1 Å². The summed E-state index contributed by atoms with van der Waals surface area (Å²) < 4.78 is 9.20. The lowest BCUT2D eigenvalue weighted by Gasteiger charge is -2.19. The van der Waals surface area contributed by atoms with E-state index in [-0.39, 0.29) is 31.9 Å². The highest BCUT2D eigenvalue weighted by Crippen LogP contribution is 2.44. The zero-order valence-electron chi connectivity index (χ0n) is 17.6. The lowest BCUT2D eigenvalue weighted by atomic mass is 9.98. The Morgan fingerprint density at radius 1 is 1.06 bits per heavy atom. The van der Waals surface area contributed by atoms with Crippen molar-refractivity contribution in [3.63, 3.8) is 0 Å². The first-order chi connectivity index (χ1) is 16.0. The summed E-state index contributed by atoms with van der Waals surface area (Å²) in [5.74, 6) is -1.70. The minimum atomic E-state index is -1.06. The molecule has 9 nitrogen and oxygen atoms in total. The van der Waals surface area contributed by atoms with Crippen molar-refractivity contribution in [2.24, 2.45) is 0 Å². The van der Waals surface area contributed by atoms with Gasteiger partial charge in [0.15, 0.2) is 0 Å². The first-order valence-electron chi connectivity index (χ1n) is 10.4. The number of amides is 2. The SMILES string of the molecule is O=C(O)CCC(NC(=O)OCC1c2ccccc2-c2ccccc21)C(=O)NCc1csnn1. The number of hydrogen-bond donors (Lipinski definition) is 3. The summed E-state index contributed by atoms with van der Waals surface area (Å²) >= 11 is 1.15. The van der Waals surface area contributed by atoms with Gasteiger partial charge in [0.05, 0.1) is 12.2 Å². The molecule has 0 spiro atoms. The molecule has 2 aromatic carbocycles. The fourth-order valence-electron chi connectivity index (χ4n) is 3.88. The number of carbonyl (C=O) groups is 3. The van der Waals surface area contributed by atoms with Crippen LogP contribution in [0.1, 0.15) is 35.6 Å². The average Bonchev–Trinajstić information content (AvgIpc) is 3.45. The fraction of sp³-hybridized carbons (Fsp3) is 0.261. The van der Waals surface area contributed by atoms with Gasteiger partial charge in [-0.25, -0.2) is 4.79 Å². The molecule has 0 saturated carbocycles. The molecular weight excluding hydrogens is 444 g/mol. The predicted octanol–water partition coefficient (Wildman–Crippen LogP) is 2.93. The summed E-state index contributed by atoms with van der Waals surface area (Å²) in [7, 11) is 0. The second kappa shape index (κ2) is 10.2. The number of benzene rings is 2. The van der Waals surface area contributed by atoms with Crippen LogP contribution in [-0.4, -0.2) is 45.3 Å². The second-order valence-corrected chi connectivity index (χ2v) is 8.18. The number of rotatable bonds is 9. The molecule has 0 saturated heterocycles. The number of carbonyl (C=O) groups excluding carboxylic acids is 2. The molecule has 1 aliphatic carbocycles. The van der Waals surface area contributed by atoms with E-state index in [9.17, 15) is 14.4 Å². The quantitative estimate of drug-likeness (QED) is 0.442. The molecule has 10 heteroatoms. The molecule has 33 heavy (non-hydrogen) atoms. The van der Waals surface area contributed by atoms with E-state index in [1.54, 1.807) is 5.38 Å². The summed E-state index contributed by atoms with van der Waals surface area (Å²) in [6.45, 7) is 0.225. The highest BCUT2D eigenvalue weighted by Gasteiger charge is 2.30. The van der Waals surface area contributed by atoms with Gasteiger partial charge in [-0.2, -0.15) is 0 Å². The molecule has 0 radical (unpaired) electrons. The number of aromatic nitrogens is 2. The Hall–Kier alpha value is -3.79. The molecule has 2 amide bonds. The standard InChI is InChI=1S/C23H22N4O5S/c28-21(29)10-9-20(22(30)24-11-14-13-33-27-26-14)25-23(31)32-12-19-17-7-3-1-5-15(17)16-6-2-4-8-18(16)19/h1-8,13,19-20H,9-12H2,(H,24,30)(H,25,31)(H,28,29). The number of nitrogens with zero attached hydrogens (tertiary/aromatic N) is 2. The Morgan fingerprint density at radius 2 is 1.73 bits per heavy atom. The average molecular weight is 467 g/mol.